The first-order valence-corrected chi connectivity index (χ1v) is 10.3. The van der Waals surface area contributed by atoms with Crippen LogP contribution in [0.4, 0.5) is 0 Å². The van der Waals surface area contributed by atoms with E-state index in [0.717, 1.165) is 17.8 Å². The van der Waals surface area contributed by atoms with Gasteiger partial charge in [-0.1, -0.05) is 81.4 Å². The van der Waals surface area contributed by atoms with Crippen LogP contribution in [0.1, 0.15) is 63.2 Å². The monoisotopic (exact) mass is 347 g/mol. The number of benzene rings is 2. The Morgan fingerprint density at radius 1 is 0.692 bits per heavy atom. The van der Waals surface area contributed by atoms with E-state index in [1.807, 2.05) is 0 Å². The highest BCUT2D eigenvalue weighted by atomic mass is 15.2. The van der Waals surface area contributed by atoms with Gasteiger partial charge in [-0.05, 0) is 60.6 Å². The number of fused-ring (bicyclic) bond motifs is 2. The molecule has 1 aliphatic carbocycles. The molecule has 1 aliphatic heterocycles. The summed E-state index contributed by atoms with van der Waals surface area (Å²) in [7, 11) is 2.37. The maximum absolute atomic E-state index is 2.70. The Morgan fingerprint density at radius 3 is 1.50 bits per heavy atom. The first-order chi connectivity index (χ1) is 12.4. The molecule has 2 aromatic rings. The van der Waals surface area contributed by atoms with Gasteiger partial charge in [-0.3, -0.25) is 4.90 Å². The van der Waals surface area contributed by atoms with Crippen LogP contribution < -0.4 is 0 Å². The zero-order chi connectivity index (χ0) is 18.3. The van der Waals surface area contributed by atoms with Gasteiger partial charge in [-0.25, -0.2) is 0 Å². The predicted molar refractivity (Wildman–Crippen MR) is 110 cm³/mol. The van der Waals surface area contributed by atoms with Crippen molar-refractivity contribution in [3.8, 4) is 0 Å². The zero-order valence-electron chi connectivity index (χ0n) is 16.7. The number of rotatable bonds is 2. The average Bonchev–Trinajstić information content (AvgIpc) is 2.62. The fourth-order valence-corrected chi connectivity index (χ4v) is 5.78. The number of likely N-dealkylation sites (tertiary alicyclic amines) is 1. The summed E-state index contributed by atoms with van der Waals surface area (Å²) in [6.07, 6.45) is 4.10. The summed E-state index contributed by atoms with van der Waals surface area (Å²) in [5, 5.41) is 0. The van der Waals surface area contributed by atoms with Crippen molar-refractivity contribution in [3.63, 3.8) is 0 Å². The van der Waals surface area contributed by atoms with Gasteiger partial charge in [0.25, 0.3) is 0 Å². The van der Waals surface area contributed by atoms with Gasteiger partial charge in [0.05, 0.1) is 0 Å². The highest BCUT2D eigenvalue weighted by molar-refractivity contribution is 5.26. The lowest BCUT2D eigenvalue weighted by Crippen LogP contribution is -2.48. The van der Waals surface area contributed by atoms with Crippen molar-refractivity contribution in [1.82, 2.24) is 4.90 Å². The summed E-state index contributed by atoms with van der Waals surface area (Å²) in [5.74, 6) is 2.35. The molecule has 2 fully saturated rings. The van der Waals surface area contributed by atoms with Gasteiger partial charge < -0.3 is 0 Å². The van der Waals surface area contributed by atoms with Gasteiger partial charge in [0.15, 0.2) is 0 Å². The van der Waals surface area contributed by atoms with Crippen molar-refractivity contribution in [1.29, 1.82) is 0 Å². The maximum atomic E-state index is 2.70. The van der Waals surface area contributed by atoms with Gasteiger partial charge >= 0.3 is 0 Å². The summed E-state index contributed by atoms with van der Waals surface area (Å²) in [5.41, 5.74) is 3.39. The summed E-state index contributed by atoms with van der Waals surface area (Å²) in [6.45, 7) is 7.33. The molecule has 4 unspecified atom stereocenters. The van der Waals surface area contributed by atoms with E-state index in [4.69, 9.17) is 0 Å². The van der Waals surface area contributed by atoms with Gasteiger partial charge in [0.1, 0.15) is 0 Å². The summed E-state index contributed by atoms with van der Waals surface area (Å²) < 4.78 is 0. The van der Waals surface area contributed by atoms with Crippen molar-refractivity contribution in [3.05, 3.63) is 71.8 Å². The molecule has 1 saturated heterocycles. The Bertz CT molecular complexity index is 659. The van der Waals surface area contributed by atoms with Crippen LogP contribution in [0.25, 0.3) is 0 Å². The van der Waals surface area contributed by atoms with Crippen LogP contribution in [0, 0.1) is 23.2 Å². The van der Waals surface area contributed by atoms with Crippen molar-refractivity contribution >= 4 is 0 Å². The van der Waals surface area contributed by atoms with E-state index >= 15 is 0 Å². The van der Waals surface area contributed by atoms with Crippen LogP contribution in [0.2, 0.25) is 0 Å². The van der Waals surface area contributed by atoms with Gasteiger partial charge in [0.2, 0.25) is 0 Å². The number of hydrogen-bond acceptors (Lipinski definition) is 1. The molecular weight excluding hydrogens is 314 g/mol. The molecule has 1 heterocycles. The molecule has 138 valence electrons. The van der Waals surface area contributed by atoms with E-state index in [1.165, 1.54) is 30.4 Å². The Morgan fingerprint density at radius 2 is 1.12 bits per heavy atom. The standard InChI is InChI=1S/C25H33N/c1-25(2,3)22-16-20-15-21(17-22)24(19-13-9-6-10-14-19)26(4)23(20)18-11-7-5-8-12-18/h5-14,20-24H,15-17H2,1-4H3. The predicted octanol–water partition coefficient (Wildman–Crippen LogP) is 6.49. The topological polar surface area (TPSA) is 3.24 Å². The third kappa shape index (κ3) is 3.22. The average molecular weight is 348 g/mol. The third-order valence-corrected chi connectivity index (χ3v) is 7.06. The van der Waals surface area contributed by atoms with Gasteiger partial charge in [-0.15, -0.1) is 0 Å². The van der Waals surface area contributed by atoms with E-state index < -0.39 is 0 Å². The second-order valence-corrected chi connectivity index (χ2v) is 9.67. The fraction of sp³-hybridized carbons (Fsp3) is 0.520. The lowest BCUT2D eigenvalue weighted by atomic mass is 9.59. The molecule has 4 rings (SSSR count). The highest BCUT2D eigenvalue weighted by Crippen LogP contribution is 2.56. The molecule has 0 amide bonds. The lowest BCUT2D eigenvalue weighted by molar-refractivity contribution is -0.0512. The van der Waals surface area contributed by atoms with E-state index in [1.54, 1.807) is 0 Å². The minimum Gasteiger partial charge on any atom is -0.292 e. The number of nitrogens with zero attached hydrogens (tertiary/aromatic N) is 1. The molecule has 0 radical (unpaired) electrons. The second kappa shape index (κ2) is 6.85. The molecule has 26 heavy (non-hydrogen) atoms. The van der Waals surface area contributed by atoms with Crippen LogP contribution in [-0.2, 0) is 0 Å². The van der Waals surface area contributed by atoms with Gasteiger partial charge in [0, 0.05) is 12.1 Å². The largest absolute Gasteiger partial charge is 0.292 e. The molecule has 1 saturated carbocycles. The summed E-state index contributed by atoms with van der Waals surface area (Å²) in [4.78, 5) is 2.70. The van der Waals surface area contributed by atoms with E-state index in [2.05, 4.69) is 93.4 Å². The quantitative estimate of drug-likeness (QED) is 0.600. The first-order valence-electron chi connectivity index (χ1n) is 10.3. The summed E-state index contributed by atoms with van der Waals surface area (Å²) in [6, 6.07) is 23.5. The minimum absolute atomic E-state index is 0.398. The molecular formula is C25H33N. The molecule has 0 aromatic heterocycles. The molecule has 1 heteroatoms. The molecule has 1 nitrogen and oxygen atoms in total. The Labute approximate surface area is 159 Å². The van der Waals surface area contributed by atoms with E-state index in [0.29, 0.717) is 17.5 Å². The second-order valence-electron chi connectivity index (χ2n) is 9.67. The van der Waals surface area contributed by atoms with Crippen LogP contribution in [0.3, 0.4) is 0 Å². The Kier molecular flexibility index (Phi) is 4.69. The molecule has 2 aliphatic rings. The SMILES string of the molecule is CN1C(c2ccccc2)C2CC(CC(C(C)(C)C)C2)C1c1ccccc1. The third-order valence-electron chi connectivity index (χ3n) is 7.06. The van der Waals surface area contributed by atoms with Gasteiger partial charge in [-0.2, -0.15) is 0 Å². The molecule has 0 spiro atoms. The zero-order valence-corrected chi connectivity index (χ0v) is 16.7. The van der Waals surface area contributed by atoms with E-state index in [9.17, 15) is 0 Å². The fourth-order valence-electron chi connectivity index (χ4n) is 5.78. The molecule has 2 aromatic carbocycles. The molecule has 4 atom stereocenters. The normalized spacial score (nSPS) is 32.4. The summed E-state index contributed by atoms with van der Waals surface area (Å²) >= 11 is 0. The minimum atomic E-state index is 0.398. The first kappa shape index (κ1) is 17.8. The Hall–Kier alpha value is -1.60. The van der Waals surface area contributed by atoms with Crippen molar-refractivity contribution in [2.24, 2.45) is 23.2 Å². The van der Waals surface area contributed by atoms with Crippen molar-refractivity contribution < 1.29 is 0 Å². The van der Waals surface area contributed by atoms with E-state index in [-0.39, 0.29) is 0 Å². The van der Waals surface area contributed by atoms with Crippen LogP contribution >= 0.6 is 0 Å². The highest BCUT2D eigenvalue weighted by Gasteiger charge is 2.48. The molecule has 2 bridgehead atoms. The van der Waals surface area contributed by atoms with Crippen molar-refractivity contribution in [2.45, 2.75) is 52.1 Å². The smallest absolute Gasteiger partial charge is 0.0379 e. The molecule has 0 N–H and O–H groups in total. The van der Waals surface area contributed by atoms with Crippen LogP contribution in [-0.4, -0.2) is 11.9 Å². The number of hydrogen-bond donors (Lipinski definition) is 0. The maximum Gasteiger partial charge on any atom is 0.0379 e. The van der Waals surface area contributed by atoms with Crippen LogP contribution in [0.5, 0.6) is 0 Å². The Balaban J connectivity index is 1.75. The van der Waals surface area contributed by atoms with Crippen LogP contribution in [0.15, 0.2) is 60.7 Å². The number of piperidine rings is 1. The lowest BCUT2D eigenvalue weighted by Gasteiger charge is -2.55. The van der Waals surface area contributed by atoms with Crippen molar-refractivity contribution in [2.75, 3.05) is 7.05 Å².